The van der Waals surface area contributed by atoms with Gasteiger partial charge in [0.1, 0.15) is 23.5 Å². The molecule has 2 rings (SSSR count). The van der Waals surface area contributed by atoms with Crippen LogP contribution in [0.4, 0.5) is 0 Å². The second-order valence-corrected chi connectivity index (χ2v) is 9.58. The summed E-state index contributed by atoms with van der Waals surface area (Å²) in [6.45, 7) is 11.0. The van der Waals surface area contributed by atoms with Crippen LogP contribution in [-0.2, 0) is 9.59 Å². The number of nitrogens with one attached hydrogen (secondary N) is 1. The molecule has 0 saturated carbocycles. The standard InChI is InChI=1S/C27H39NO4/c1-6-17(2)14-19(4)16-20(5)15-18(3)12-13-22(29)23-26(31)24(28-27(23)32)25(30)21-10-8-7-9-11-21/h7-11,16-19,24-25,30-31H,6,12-15H2,1-5H3,(H,28,32). The van der Waals surface area contributed by atoms with Crippen molar-refractivity contribution in [3.63, 3.8) is 0 Å². The average Bonchev–Trinajstić information content (AvgIpc) is 3.05. The first-order valence-corrected chi connectivity index (χ1v) is 11.8. The third kappa shape index (κ3) is 7.06. The van der Waals surface area contributed by atoms with Crippen molar-refractivity contribution in [3.8, 4) is 0 Å². The molecule has 1 aromatic carbocycles. The molecule has 1 aliphatic rings. The fourth-order valence-electron chi connectivity index (χ4n) is 4.47. The summed E-state index contributed by atoms with van der Waals surface area (Å²) in [4.78, 5) is 25.1. The Kier molecular flexibility index (Phi) is 9.70. The van der Waals surface area contributed by atoms with E-state index in [1.54, 1.807) is 24.3 Å². The third-order valence-electron chi connectivity index (χ3n) is 6.37. The Morgan fingerprint density at radius 1 is 1.16 bits per heavy atom. The zero-order valence-electron chi connectivity index (χ0n) is 20.1. The lowest BCUT2D eigenvalue weighted by molar-refractivity contribution is -0.122. The summed E-state index contributed by atoms with van der Waals surface area (Å²) in [5.41, 5.74) is 1.68. The molecule has 5 heteroatoms. The van der Waals surface area contributed by atoms with Gasteiger partial charge in [0.2, 0.25) is 0 Å². The summed E-state index contributed by atoms with van der Waals surface area (Å²) in [6.07, 6.45) is 5.32. The second-order valence-electron chi connectivity index (χ2n) is 9.58. The fourth-order valence-corrected chi connectivity index (χ4v) is 4.47. The van der Waals surface area contributed by atoms with Crippen LogP contribution in [0.15, 0.2) is 53.3 Å². The van der Waals surface area contributed by atoms with Gasteiger partial charge < -0.3 is 15.5 Å². The molecule has 32 heavy (non-hydrogen) atoms. The molecular weight excluding hydrogens is 402 g/mol. The molecule has 176 valence electrons. The van der Waals surface area contributed by atoms with E-state index in [9.17, 15) is 19.8 Å². The van der Waals surface area contributed by atoms with Gasteiger partial charge in [-0.05, 0) is 49.5 Å². The van der Waals surface area contributed by atoms with Crippen molar-refractivity contribution in [2.45, 2.75) is 78.9 Å². The number of rotatable bonds is 12. The van der Waals surface area contributed by atoms with Gasteiger partial charge in [0, 0.05) is 6.42 Å². The average molecular weight is 442 g/mol. The van der Waals surface area contributed by atoms with Gasteiger partial charge in [-0.25, -0.2) is 0 Å². The molecule has 0 aromatic heterocycles. The largest absolute Gasteiger partial charge is 0.509 e. The van der Waals surface area contributed by atoms with Crippen LogP contribution in [0.25, 0.3) is 0 Å². The minimum absolute atomic E-state index is 0.192. The molecule has 1 aromatic rings. The minimum Gasteiger partial charge on any atom is -0.509 e. The predicted molar refractivity (Wildman–Crippen MR) is 128 cm³/mol. The SMILES string of the molecule is CCC(C)CC(C)C=C(C)CC(C)CCC(=O)C1=C(O)C(C(O)c2ccccc2)NC1=O. The lowest BCUT2D eigenvalue weighted by Crippen LogP contribution is -2.34. The van der Waals surface area contributed by atoms with E-state index in [0.29, 0.717) is 29.7 Å². The van der Waals surface area contributed by atoms with E-state index in [0.717, 1.165) is 6.42 Å². The monoisotopic (exact) mass is 441 g/mol. The zero-order valence-corrected chi connectivity index (χ0v) is 20.1. The number of carbonyl (C=O) groups excluding carboxylic acids is 2. The summed E-state index contributed by atoms with van der Waals surface area (Å²) >= 11 is 0. The van der Waals surface area contributed by atoms with Crippen molar-refractivity contribution < 1.29 is 19.8 Å². The van der Waals surface area contributed by atoms with Crippen molar-refractivity contribution in [1.29, 1.82) is 0 Å². The van der Waals surface area contributed by atoms with Gasteiger partial charge >= 0.3 is 0 Å². The van der Waals surface area contributed by atoms with Gasteiger partial charge in [0.05, 0.1) is 0 Å². The molecule has 0 spiro atoms. The molecule has 3 N–H and O–H groups in total. The molecule has 5 nitrogen and oxygen atoms in total. The molecule has 0 aliphatic carbocycles. The minimum atomic E-state index is -1.12. The van der Waals surface area contributed by atoms with Crippen molar-refractivity contribution in [1.82, 2.24) is 5.32 Å². The summed E-state index contributed by atoms with van der Waals surface area (Å²) in [5.74, 6) is 0.196. The molecule has 5 unspecified atom stereocenters. The maximum Gasteiger partial charge on any atom is 0.259 e. The van der Waals surface area contributed by atoms with Gasteiger partial charge in [-0.2, -0.15) is 0 Å². The molecule has 1 heterocycles. The predicted octanol–water partition coefficient (Wildman–Crippen LogP) is 5.42. The highest BCUT2D eigenvalue weighted by Gasteiger charge is 2.39. The number of amides is 1. The molecule has 0 bridgehead atoms. The Morgan fingerprint density at radius 2 is 1.81 bits per heavy atom. The van der Waals surface area contributed by atoms with Crippen LogP contribution in [0, 0.1) is 17.8 Å². The number of benzene rings is 1. The third-order valence-corrected chi connectivity index (χ3v) is 6.37. The summed E-state index contributed by atoms with van der Waals surface area (Å²) < 4.78 is 0. The van der Waals surface area contributed by atoms with Gasteiger partial charge in [0.25, 0.3) is 5.91 Å². The Labute approximate surface area is 192 Å². The maximum atomic E-state index is 12.7. The normalized spacial score (nSPS) is 20.6. The number of hydrogen-bond donors (Lipinski definition) is 3. The lowest BCUT2D eigenvalue weighted by atomic mass is 9.90. The molecule has 0 saturated heterocycles. The van der Waals surface area contributed by atoms with Crippen molar-refractivity contribution >= 4 is 11.7 Å². The molecule has 5 atom stereocenters. The van der Waals surface area contributed by atoms with Gasteiger partial charge in [-0.3, -0.25) is 9.59 Å². The number of allylic oxidation sites excluding steroid dienone is 2. The van der Waals surface area contributed by atoms with Crippen LogP contribution >= 0.6 is 0 Å². The summed E-state index contributed by atoms with van der Waals surface area (Å²) in [5, 5.41) is 23.6. The first-order chi connectivity index (χ1) is 15.1. The maximum absolute atomic E-state index is 12.7. The lowest BCUT2D eigenvalue weighted by Gasteiger charge is -2.18. The highest BCUT2D eigenvalue weighted by molar-refractivity contribution is 6.21. The molecule has 0 fully saturated rings. The van der Waals surface area contributed by atoms with Gasteiger partial charge in [-0.15, -0.1) is 0 Å². The first kappa shape index (κ1) is 25.9. The quantitative estimate of drug-likeness (QED) is 0.298. The number of carbonyl (C=O) groups is 2. The zero-order chi connectivity index (χ0) is 23.8. The Balaban J connectivity index is 1.93. The van der Waals surface area contributed by atoms with E-state index >= 15 is 0 Å². The molecule has 1 aliphatic heterocycles. The smallest absolute Gasteiger partial charge is 0.259 e. The van der Waals surface area contributed by atoms with Gasteiger partial charge in [0.15, 0.2) is 5.78 Å². The van der Waals surface area contributed by atoms with Crippen molar-refractivity contribution in [3.05, 3.63) is 58.9 Å². The highest BCUT2D eigenvalue weighted by atomic mass is 16.3. The van der Waals surface area contributed by atoms with E-state index in [1.807, 2.05) is 6.07 Å². The number of aliphatic hydroxyl groups excluding tert-OH is 2. The number of hydrogen-bond acceptors (Lipinski definition) is 4. The van der Waals surface area contributed by atoms with E-state index in [-0.39, 0.29) is 23.5 Å². The van der Waals surface area contributed by atoms with Crippen LogP contribution in [0.1, 0.15) is 78.4 Å². The van der Waals surface area contributed by atoms with E-state index in [2.05, 4.69) is 46.0 Å². The first-order valence-electron chi connectivity index (χ1n) is 11.8. The Bertz CT molecular complexity index is 842. The van der Waals surface area contributed by atoms with Crippen LogP contribution in [-0.4, -0.2) is 27.9 Å². The van der Waals surface area contributed by atoms with Crippen LogP contribution in [0.2, 0.25) is 0 Å². The van der Waals surface area contributed by atoms with Crippen LogP contribution in [0.3, 0.4) is 0 Å². The number of Topliss-reactive ketones (excluding diaryl/α,β-unsaturated/α-hetero) is 1. The number of ketones is 1. The summed E-state index contributed by atoms with van der Waals surface area (Å²) in [7, 11) is 0. The van der Waals surface area contributed by atoms with Crippen molar-refractivity contribution in [2.75, 3.05) is 0 Å². The fraction of sp³-hybridized carbons (Fsp3) is 0.556. The second kappa shape index (κ2) is 12.0. The molecule has 0 radical (unpaired) electrons. The topological polar surface area (TPSA) is 86.6 Å². The number of aliphatic hydroxyl groups is 2. The van der Waals surface area contributed by atoms with E-state index < -0.39 is 18.1 Å². The van der Waals surface area contributed by atoms with Crippen LogP contribution in [0.5, 0.6) is 0 Å². The molecular formula is C27H39NO4. The van der Waals surface area contributed by atoms with Crippen molar-refractivity contribution in [2.24, 2.45) is 17.8 Å². The van der Waals surface area contributed by atoms with Crippen LogP contribution < -0.4 is 5.32 Å². The van der Waals surface area contributed by atoms with E-state index in [4.69, 9.17) is 0 Å². The Hall–Kier alpha value is -2.40. The van der Waals surface area contributed by atoms with E-state index in [1.165, 1.54) is 18.4 Å². The highest BCUT2D eigenvalue weighted by Crippen LogP contribution is 2.28. The molecule has 1 amide bonds. The Morgan fingerprint density at radius 3 is 2.44 bits per heavy atom. The van der Waals surface area contributed by atoms with Gasteiger partial charge in [-0.1, -0.05) is 76.1 Å². The summed E-state index contributed by atoms with van der Waals surface area (Å²) in [6, 6.07) is 7.78.